The van der Waals surface area contributed by atoms with E-state index in [1.165, 1.54) is 0 Å². The molecule has 5 rings (SSSR count). The predicted octanol–water partition coefficient (Wildman–Crippen LogP) is 2.47. The second-order valence-corrected chi connectivity index (χ2v) is 9.99. The summed E-state index contributed by atoms with van der Waals surface area (Å²) in [6.45, 7) is 8.38. The molecule has 1 fully saturated rings. The van der Waals surface area contributed by atoms with Crippen molar-refractivity contribution in [2.75, 3.05) is 33.0 Å². The maximum absolute atomic E-state index is 13.1. The molecular weight excluding hydrogens is 469 g/mol. The van der Waals surface area contributed by atoms with E-state index < -0.39 is 17.0 Å². The summed E-state index contributed by atoms with van der Waals surface area (Å²) in [5.74, 6) is 1.85. The molecule has 3 aromatic rings. The molecule has 0 spiro atoms. The summed E-state index contributed by atoms with van der Waals surface area (Å²) in [4.78, 5) is 12.1. The average molecular weight is 498 g/mol. The summed E-state index contributed by atoms with van der Waals surface area (Å²) in [7, 11) is 0. The zero-order chi connectivity index (χ0) is 23.0. The number of aromatic amines is 1. The number of nitrogens with one attached hydrogen (secondary N) is 1. The van der Waals surface area contributed by atoms with Crippen molar-refractivity contribution >= 4 is 51.8 Å². The molecule has 2 aliphatic heterocycles. The molecule has 0 saturated carbocycles. The van der Waals surface area contributed by atoms with Crippen LogP contribution >= 0.6 is 0 Å². The van der Waals surface area contributed by atoms with Crippen LogP contribution in [0.5, 0.6) is 17.2 Å². The zero-order valence-electron chi connectivity index (χ0n) is 18.9. The van der Waals surface area contributed by atoms with Crippen molar-refractivity contribution in [2.24, 2.45) is 5.92 Å². The fourth-order valence-electron chi connectivity index (χ4n) is 3.72. The molecule has 0 amide bonds. The first-order valence-corrected chi connectivity index (χ1v) is 12.2. The maximum atomic E-state index is 13.1. The number of fused-ring (bicyclic) bond motifs is 2. The van der Waals surface area contributed by atoms with Crippen LogP contribution in [0.1, 0.15) is 25.1 Å². The van der Waals surface area contributed by atoms with Crippen molar-refractivity contribution in [2.45, 2.75) is 37.5 Å². The van der Waals surface area contributed by atoms with Crippen LogP contribution < -0.4 is 14.2 Å². The van der Waals surface area contributed by atoms with Crippen molar-refractivity contribution in [3.05, 3.63) is 35.7 Å². The first-order chi connectivity index (χ1) is 15.9. The number of nitrogens with zero attached hydrogens (tertiary/aromatic N) is 2. The van der Waals surface area contributed by atoms with Crippen LogP contribution in [-0.4, -0.2) is 87.9 Å². The second-order valence-electron chi connectivity index (χ2n) is 8.62. The van der Waals surface area contributed by atoms with Crippen molar-refractivity contribution in [3.8, 4) is 17.2 Å². The van der Waals surface area contributed by atoms with Gasteiger partial charge in [0.15, 0.2) is 23.0 Å². The van der Waals surface area contributed by atoms with Gasteiger partial charge in [-0.3, -0.25) is 9.97 Å². The summed E-state index contributed by atoms with van der Waals surface area (Å²) in [5.41, 5.74) is 3.00. The Morgan fingerprint density at radius 1 is 1.18 bits per heavy atom. The van der Waals surface area contributed by atoms with Gasteiger partial charge in [-0.25, -0.2) is 0 Å². The fraction of sp³-hybridized carbons (Fsp3) is 0.478. The monoisotopic (exact) mass is 497 g/mol. The van der Waals surface area contributed by atoms with Gasteiger partial charge in [0.25, 0.3) is 0 Å². The number of H-pyrrole nitrogens is 1. The number of benzene rings is 1. The van der Waals surface area contributed by atoms with E-state index in [2.05, 4.69) is 15.0 Å². The third-order valence-corrected chi connectivity index (χ3v) is 6.83. The van der Waals surface area contributed by atoms with E-state index in [0.717, 1.165) is 11.1 Å². The number of imidazole rings is 1. The first-order valence-electron chi connectivity index (χ1n) is 10.9. The number of ether oxygens (including phenoxy) is 5. The van der Waals surface area contributed by atoms with Crippen LogP contribution in [-0.2, 0) is 26.4 Å². The van der Waals surface area contributed by atoms with Gasteiger partial charge in [0.05, 0.1) is 36.5 Å². The van der Waals surface area contributed by atoms with Crippen LogP contribution in [0, 0.1) is 12.8 Å². The van der Waals surface area contributed by atoms with Crippen LogP contribution in [0.25, 0.3) is 11.0 Å². The van der Waals surface area contributed by atoms with Crippen molar-refractivity contribution in [1.82, 2.24) is 15.0 Å². The topological polar surface area (TPSA) is 111 Å². The second kappa shape index (κ2) is 10.6. The van der Waals surface area contributed by atoms with E-state index in [0.29, 0.717) is 66.7 Å². The van der Waals surface area contributed by atoms with E-state index in [4.69, 9.17) is 23.7 Å². The van der Waals surface area contributed by atoms with Crippen LogP contribution in [0.4, 0.5) is 0 Å². The summed E-state index contributed by atoms with van der Waals surface area (Å²) in [6, 6.07) is 5.45. The third kappa shape index (κ3) is 5.64. The molecule has 0 aliphatic carbocycles. The molecule has 2 aromatic heterocycles. The van der Waals surface area contributed by atoms with E-state index in [1.807, 2.05) is 32.9 Å². The quantitative estimate of drug-likeness (QED) is 0.409. The van der Waals surface area contributed by atoms with Gasteiger partial charge in [0.1, 0.15) is 19.0 Å². The molecule has 4 heterocycles. The molecule has 1 unspecified atom stereocenters. The first kappa shape index (κ1) is 25.6. The van der Waals surface area contributed by atoms with E-state index in [9.17, 15) is 4.55 Å². The van der Waals surface area contributed by atoms with Gasteiger partial charge in [-0.15, -0.1) is 0 Å². The van der Waals surface area contributed by atoms with E-state index >= 15 is 0 Å². The molecule has 0 radical (unpaired) electrons. The number of rotatable bonds is 6. The minimum atomic E-state index is -1.41. The standard InChI is InChI=1S/C23H27N3O6S.Na.H/c1-14-18(24-5-4-19(14)30-10-15-11-31-23(2,3)32-12-15)13-33(27)22-25-16-8-20-21(9-17(16)26-22)29-7-6-28-20;;/h4-5,8-9,15H,6-7,10-13H2,1-3H3,(H,25,26);;. The van der Waals surface area contributed by atoms with Gasteiger partial charge in [-0.05, 0) is 26.8 Å². The Labute approximate surface area is 223 Å². The Hall–Kier alpha value is -1.53. The Morgan fingerprint density at radius 2 is 1.88 bits per heavy atom. The third-order valence-electron chi connectivity index (χ3n) is 5.67. The number of hydrogen-bond acceptors (Lipinski definition) is 8. The average Bonchev–Trinajstić information content (AvgIpc) is 3.22. The minimum absolute atomic E-state index is 0. The normalized spacial score (nSPS) is 18.4. The summed E-state index contributed by atoms with van der Waals surface area (Å²) in [5, 5.41) is 0.388. The Bertz CT molecular complexity index is 1100. The number of aromatic nitrogens is 3. The molecular formula is C23H28N3NaO6S. The Kier molecular flexibility index (Phi) is 7.98. The molecule has 1 atom stereocenters. The zero-order valence-corrected chi connectivity index (χ0v) is 19.7. The summed E-state index contributed by atoms with van der Waals surface area (Å²) in [6.07, 6.45) is 1.67. The van der Waals surface area contributed by atoms with Crippen molar-refractivity contribution < 1.29 is 28.2 Å². The SMILES string of the molecule is Cc1c(OCC2COC(C)(C)OC2)ccnc1C[S+]([O-])c1nc2cc3c(cc2[nH]1)OCCO3.[NaH]. The predicted molar refractivity (Wildman–Crippen MR) is 128 cm³/mol. The Morgan fingerprint density at radius 3 is 2.62 bits per heavy atom. The van der Waals surface area contributed by atoms with Gasteiger partial charge in [0, 0.05) is 41.0 Å². The molecule has 178 valence electrons. The van der Waals surface area contributed by atoms with Gasteiger partial charge >= 0.3 is 34.7 Å². The molecule has 1 aromatic carbocycles. The van der Waals surface area contributed by atoms with Crippen LogP contribution in [0.15, 0.2) is 29.6 Å². The van der Waals surface area contributed by atoms with Crippen molar-refractivity contribution in [3.63, 3.8) is 0 Å². The fourth-order valence-corrected chi connectivity index (χ4v) is 4.82. The Balaban J connectivity index is 0.00000274. The van der Waals surface area contributed by atoms with Gasteiger partial charge in [0.2, 0.25) is 0 Å². The van der Waals surface area contributed by atoms with E-state index in [-0.39, 0.29) is 41.2 Å². The number of hydrogen-bond donors (Lipinski definition) is 1. The molecule has 11 heteroatoms. The van der Waals surface area contributed by atoms with Gasteiger partial charge in [-0.2, -0.15) is 4.98 Å². The molecule has 2 aliphatic rings. The molecule has 34 heavy (non-hydrogen) atoms. The van der Waals surface area contributed by atoms with E-state index in [1.54, 1.807) is 12.3 Å². The molecule has 1 saturated heterocycles. The van der Waals surface area contributed by atoms with Crippen LogP contribution in [0.2, 0.25) is 0 Å². The summed E-state index contributed by atoms with van der Waals surface area (Å²) < 4.78 is 41.7. The van der Waals surface area contributed by atoms with Gasteiger partial charge in [-0.1, -0.05) is 0 Å². The van der Waals surface area contributed by atoms with Crippen LogP contribution in [0.3, 0.4) is 0 Å². The van der Waals surface area contributed by atoms with Crippen molar-refractivity contribution in [1.29, 1.82) is 0 Å². The molecule has 0 bridgehead atoms. The summed E-state index contributed by atoms with van der Waals surface area (Å²) >= 11 is -1.41. The molecule has 9 nitrogen and oxygen atoms in total. The molecule has 1 N–H and O–H groups in total. The van der Waals surface area contributed by atoms with Gasteiger partial charge < -0.3 is 28.2 Å². The number of pyridine rings is 1.